The highest BCUT2D eigenvalue weighted by molar-refractivity contribution is 14.1. The van der Waals surface area contributed by atoms with Crippen molar-refractivity contribution in [2.24, 2.45) is 0 Å². The number of halogens is 1. The number of hydrogen-bond donors (Lipinski definition) is 1. The maximum Gasteiger partial charge on any atom is 0.261 e. The van der Waals surface area contributed by atoms with Crippen LogP contribution in [0.25, 0.3) is 10.9 Å². The molecule has 1 N–H and O–H groups in total. The largest absolute Gasteiger partial charge is 0.295 e. The second kappa shape index (κ2) is 3.91. The predicted octanol–water partition coefficient (Wildman–Crippen LogP) is 2.31. The number of nitrogens with one attached hydrogen (secondary N) is 1. The number of carbonyl (C=O) groups is 1. The van der Waals surface area contributed by atoms with E-state index in [0.717, 1.165) is 10.9 Å². The molecule has 0 fully saturated rings. The van der Waals surface area contributed by atoms with E-state index in [9.17, 15) is 4.79 Å². The van der Waals surface area contributed by atoms with E-state index in [1.54, 1.807) is 6.20 Å². The molecule has 3 nitrogen and oxygen atoms in total. The number of aromatic nitrogens is 1. The summed E-state index contributed by atoms with van der Waals surface area (Å²) in [6.07, 6.45) is 1.58. The summed E-state index contributed by atoms with van der Waals surface area (Å²) < 4.78 is 2.54. The van der Waals surface area contributed by atoms with Crippen molar-refractivity contribution in [3.63, 3.8) is 0 Å². The van der Waals surface area contributed by atoms with Gasteiger partial charge in [-0.2, -0.15) is 0 Å². The van der Waals surface area contributed by atoms with Gasteiger partial charge in [-0.05, 0) is 12.1 Å². The lowest BCUT2D eigenvalue weighted by atomic mass is 10.1. The minimum atomic E-state index is -0.121. The van der Waals surface area contributed by atoms with Crippen LogP contribution in [-0.2, 0) is 0 Å². The van der Waals surface area contributed by atoms with Crippen LogP contribution in [0.2, 0.25) is 0 Å². The van der Waals surface area contributed by atoms with Crippen LogP contribution in [0.1, 0.15) is 10.4 Å². The van der Waals surface area contributed by atoms with Gasteiger partial charge in [-0.15, -0.1) is 0 Å². The Bertz CT molecular complexity index is 484. The lowest BCUT2D eigenvalue weighted by Crippen LogP contribution is -2.11. The van der Waals surface area contributed by atoms with E-state index < -0.39 is 0 Å². The van der Waals surface area contributed by atoms with E-state index in [4.69, 9.17) is 0 Å². The molecule has 0 atom stereocenters. The molecule has 0 bridgehead atoms. The zero-order chi connectivity index (χ0) is 9.97. The molecular formula is C10H7IN2O. The Hall–Kier alpha value is -1.17. The van der Waals surface area contributed by atoms with Gasteiger partial charge < -0.3 is 0 Å². The van der Waals surface area contributed by atoms with Crippen molar-refractivity contribution in [2.45, 2.75) is 0 Å². The molecule has 4 heteroatoms. The van der Waals surface area contributed by atoms with Crippen LogP contribution in [-0.4, -0.2) is 10.9 Å². The van der Waals surface area contributed by atoms with Gasteiger partial charge in [0.05, 0.1) is 33.9 Å². The Balaban J connectivity index is 2.56. The van der Waals surface area contributed by atoms with Crippen molar-refractivity contribution < 1.29 is 4.79 Å². The monoisotopic (exact) mass is 298 g/mol. The first-order chi connectivity index (χ1) is 6.81. The maximum atomic E-state index is 11.3. The standard InChI is InChI=1S/C10H7IN2O/c11-13-10(14)8-5-7-3-1-2-4-9(7)12-6-8/h1-6H,(H,13,14). The Kier molecular flexibility index (Phi) is 2.62. The average molecular weight is 298 g/mol. The molecule has 1 aromatic carbocycles. The molecule has 0 unspecified atom stereocenters. The zero-order valence-electron chi connectivity index (χ0n) is 7.20. The normalized spacial score (nSPS) is 10.1. The number of carbonyl (C=O) groups excluding carboxylic acids is 1. The van der Waals surface area contributed by atoms with Gasteiger partial charge in [0.15, 0.2) is 0 Å². The molecule has 0 aliphatic carbocycles. The van der Waals surface area contributed by atoms with Crippen LogP contribution in [0.15, 0.2) is 36.5 Å². The van der Waals surface area contributed by atoms with Crippen LogP contribution in [0.4, 0.5) is 0 Å². The number of rotatable bonds is 1. The van der Waals surface area contributed by atoms with Gasteiger partial charge in [0.1, 0.15) is 0 Å². The van der Waals surface area contributed by atoms with Crippen LogP contribution in [0, 0.1) is 0 Å². The third kappa shape index (κ3) is 1.70. The van der Waals surface area contributed by atoms with Crippen LogP contribution >= 0.6 is 22.9 Å². The van der Waals surface area contributed by atoms with Crippen LogP contribution in [0.5, 0.6) is 0 Å². The van der Waals surface area contributed by atoms with Crippen LogP contribution < -0.4 is 3.53 Å². The number of hydrogen-bond acceptors (Lipinski definition) is 2. The van der Waals surface area contributed by atoms with E-state index in [0.29, 0.717) is 5.56 Å². The molecule has 0 aliphatic rings. The van der Waals surface area contributed by atoms with Gasteiger partial charge in [-0.1, -0.05) is 18.2 Å². The highest BCUT2D eigenvalue weighted by Crippen LogP contribution is 2.12. The topological polar surface area (TPSA) is 42.0 Å². The average Bonchev–Trinajstić information content (AvgIpc) is 2.27. The van der Waals surface area contributed by atoms with Crippen molar-refractivity contribution >= 4 is 39.7 Å². The highest BCUT2D eigenvalue weighted by atomic mass is 127. The fourth-order valence-corrected chi connectivity index (χ4v) is 1.56. The summed E-state index contributed by atoms with van der Waals surface area (Å²) in [6.45, 7) is 0. The Morgan fingerprint density at radius 1 is 1.36 bits per heavy atom. The molecule has 0 saturated heterocycles. The Morgan fingerprint density at radius 3 is 2.93 bits per heavy atom. The Morgan fingerprint density at radius 2 is 2.14 bits per heavy atom. The highest BCUT2D eigenvalue weighted by Gasteiger charge is 2.04. The zero-order valence-corrected chi connectivity index (χ0v) is 9.36. The quantitative estimate of drug-likeness (QED) is 0.648. The first-order valence-corrected chi connectivity index (χ1v) is 5.15. The lowest BCUT2D eigenvalue weighted by Gasteiger charge is -2.00. The molecule has 1 heterocycles. The summed E-state index contributed by atoms with van der Waals surface area (Å²) in [5, 5.41) is 0.977. The smallest absolute Gasteiger partial charge is 0.261 e. The van der Waals surface area contributed by atoms with Crippen molar-refractivity contribution in [1.82, 2.24) is 8.51 Å². The number of benzene rings is 1. The van der Waals surface area contributed by atoms with Gasteiger partial charge >= 0.3 is 0 Å². The number of amides is 1. The van der Waals surface area contributed by atoms with E-state index in [1.165, 1.54) is 0 Å². The van der Waals surface area contributed by atoms with Gasteiger partial charge in [-0.25, -0.2) is 0 Å². The third-order valence-corrected chi connectivity index (χ3v) is 2.43. The molecule has 1 amide bonds. The third-order valence-electron chi connectivity index (χ3n) is 1.94. The molecule has 1 aromatic heterocycles. The first kappa shape index (κ1) is 9.39. The van der Waals surface area contributed by atoms with Gasteiger partial charge in [0, 0.05) is 11.6 Å². The second-order valence-corrected chi connectivity index (χ2v) is 3.38. The molecule has 0 aliphatic heterocycles. The minimum Gasteiger partial charge on any atom is -0.295 e. The number of fused-ring (bicyclic) bond motifs is 1. The molecule has 70 valence electrons. The molecule has 14 heavy (non-hydrogen) atoms. The fraction of sp³-hybridized carbons (Fsp3) is 0. The molecule has 2 rings (SSSR count). The Labute approximate surface area is 95.0 Å². The summed E-state index contributed by atoms with van der Waals surface area (Å²) in [4.78, 5) is 15.5. The summed E-state index contributed by atoms with van der Waals surface area (Å²) in [5.74, 6) is -0.121. The van der Waals surface area contributed by atoms with Crippen molar-refractivity contribution in [3.05, 3.63) is 42.1 Å². The predicted molar refractivity (Wildman–Crippen MR) is 63.2 cm³/mol. The van der Waals surface area contributed by atoms with Gasteiger partial charge in [0.25, 0.3) is 5.91 Å². The first-order valence-electron chi connectivity index (χ1n) is 4.07. The summed E-state index contributed by atoms with van der Waals surface area (Å²) in [7, 11) is 0. The van der Waals surface area contributed by atoms with Crippen molar-refractivity contribution in [2.75, 3.05) is 0 Å². The number of nitrogens with zero attached hydrogens (tertiary/aromatic N) is 1. The van der Waals surface area contributed by atoms with Crippen molar-refractivity contribution in [1.29, 1.82) is 0 Å². The number of pyridine rings is 1. The molecule has 0 radical (unpaired) electrons. The lowest BCUT2D eigenvalue weighted by molar-refractivity contribution is 0.0989. The maximum absolute atomic E-state index is 11.3. The van der Waals surface area contributed by atoms with E-state index in [2.05, 4.69) is 8.51 Å². The molecular weight excluding hydrogens is 291 g/mol. The fourth-order valence-electron chi connectivity index (χ4n) is 1.25. The minimum absolute atomic E-state index is 0.121. The number of para-hydroxylation sites is 1. The van der Waals surface area contributed by atoms with E-state index in [1.807, 2.05) is 53.2 Å². The van der Waals surface area contributed by atoms with Crippen molar-refractivity contribution in [3.8, 4) is 0 Å². The van der Waals surface area contributed by atoms with Gasteiger partial charge in [0.2, 0.25) is 0 Å². The van der Waals surface area contributed by atoms with Crippen LogP contribution in [0.3, 0.4) is 0 Å². The molecule has 0 spiro atoms. The van der Waals surface area contributed by atoms with Gasteiger partial charge in [-0.3, -0.25) is 13.3 Å². The molecule has 0 saturated carbocycles. The van der Waals surface area contributed by atoms with E-state index in [-0.39, 0.29) is 5.91 Å². The summed E-state index contributed by atoms with van der Waals surface area (Å²) >= 11 is 1.81. The summed E-state index contributed by atoms with van der Waals surface area (Å²) in [5.41, 5.74) is 1.48. The second-order valence-electron chi connectivity index (χ2n) is 2.84. The molecule has 2 aromatic rings. The summed E-state index contributed by atoms with van der Waals surface area (Å²) in [6, 6.07) is 9.53. The SMILES string of the molecule is O=C(NI)c1cnc2ccccc2c1. The van der Waals surface area contributed by atoms with E-state index >= 15 is 0 Å².